The summed E-state index contributed by atoms with van der Waals surface area (Å²) in [5.74, 6) is 0. The average molecular weight is 226 g/mol. The summed E-state index contributed by atoms with van der Waals surface area (Å²) in [7, 11) is 2.08. The van der Waals surface area contributed by atoms with Crippen molar-refractivity contribution in [2.45, 2.75) is 13.8 Å². The molecule has 0 aromatic heterocycles. The maximum atomic E-state index is 5.70. The third-order valence-corrected chi connectivity index (χ3v) is 3.01. The number of nitrogen functional groups attached to an aromatic ring is 1. The molecule has 88 valence electrons. The van der Waals surface area contributed by atoms with E-state index < -0.39 is 0 Å². The first kappa shape index (κ1) is 11.5. The molecule has 0 heterocycles. The highest BCUT2D eigenvalue weighted by molar-refractivity contribution is 5.67. The zero-order valence-electron chi connectivity index (χ0n) is 10.6. The van der Waals surface area contributed by atoms with Gasteiger partial charge in [0.1, 0.15) is 0 Å². The van der Waals surface area contributed by atoms with E-state index in [4.69, 9.17) is 5.73 Å². The Labute approximate surface area is 103 Å². The number of rotatable bonds is 2. The smallest absolute Gasteiger partial charge is 0.0440 e. The van der Waals surface area contributed by atoms with Gasteiger partial charge in [0.05, 0.1) is 0 Å². The Morgan fingerprint density at radius 3 is 2.24 bits per heavy atom. The highest BCUT2D eigenvalue weighted by Crippen LogP contribution is 2.27. The molecule has 0 aliphatic heterocycles. The Morgan fingerprint density at radius 2 is 1.59 bits per heavy atom. The number of aryl methyl sites for hydroxylation is 2. The van der Waals surface area contributed by atoms with Crippen LogP contribution in [-0.2, 0) is 0 Å². The molecular weight excluding hydrogens is 208 g/mol. The molecule has 0 saturated heterocycles. The van der Waals surface area contributed by atoms with Gasteiger partial charge in [0.25, 0.3) is 0 Å². The van der Waals surface area contributed by atoms with E-state index in [1.165, 1.54) is 16.8 Å². The lowest BCUT2D eigenvalue weighted by molar-refractivity contribution is 1.18. The van der Waals surface area contributed by atoms with Crippen molar-refractivity contribution < 1.29 is 0 Å². The molecule has 17 heavy (non-hydrogen) atoms. The van der Waals surface area contributed by atoms with Gasteiger partial charge in [-0.2, -0.15) is 0 Å². The Bertz CT molecular complexity index is 515. The number of benzene rings is 2. The molecule has 0 spiro atoms. The highest BCUT2D eigenvalue weighted by Gasteiger charge is 2.06. The highest BCUT2D eigenvalue weighted by atomic mass is 15.1. The van der Waals surface area contributed by atoms with Crippen molar-refractivity contribution in [2.24, 2.45) is 0 Å². The van der Waals surface area contributed by atoms with Crippen molar-refractivity contribution in [3.05, 3.63) is 53.6 Å². The van der Waals surface area contributed by atoms with Crippen molar-refractivity contribution in [3.8, 4) is 0 Å². The molecule has 2 nitrogen and oxygen atoms in total. The quantitative estimate of drug-likeness (QED) is 0.792. The molecule has 0 atom stereocenters. The van der Waals surface area contributed by atoms with Crippen LogP contribution in [-0.4, -0.2) is 7.05 Å². The fourth-order valence-corrected chi connectivity index (χ4v) is 1.92. The minimum absolute atomic E-state index is 0.795. The van der Waals surface area contributed by atoms with Crippen molar-refractivity contribution in [1.29, 1.82) is 0 Å². The Hall–Kier alpha value is -1.96. The van der Waals surface area contributed by atoms with Crippen molar-refractivity contribution in [2.75, 3.05) is 17.7 Å². The molecule has 2 rings (SSSR count). The molecule has 0 fully saturated rings. The summed E-state index contributed by atoms with van der Waals surface area (Å²) in [6.07, 6.45) is 0. The molecule has 2 N–H and O–H groups in total. The van der Waals surface area contributed by atoms with Gasteiger partial charge in [0.15, 0.2) is 0 Å². The largest absolute Gasteiger partial charge is 0.399 e. The summed E-state index contributed by atoms with van der Waals surface area (Å²) in [6, 6.07) is 14.4. The molecular formula is C15H18N2. The van der Waals surface area contributed by atoms with Gasteiger partial charge < -0.3 is 10.6 Å². The van der Waals surface area contributed by atoms with Crippen LogP contribution in [0.2, 0.25) is 0 Å². The molecule has 0 amide bonds. The summed E-state index contributed by atoms with van der Waals surface area (Å²) < 4.78 is 0. The summed E-state index contributed by atoms with van der Waals surface area (Å²) in [4.78, 5) is 2.18. The summed E-state index contributed by atoms with van der Waals surface area (Å²) in [6.45, 7) is 4.24. The minimum Gasteiger partial charge on any atom is -0.399 e. The van der Waals surface area contributed by atoms with Crippen LogP contribution in [0.1, 0.15) is 11.1 Å². The summed E-state index contributed by atoms with van der Waals surface area (Å²) >= 11 is 0. The fraction of sp³-hybridized carbons (Fsp3) is 0.200. The van der Waals surface area contributed by atoms with Gasteiger partial charge in [0, 0.05) is 24.1 Å². The van der Waals surface area contributed by atoms with E-state index in [2.05, 4.69) is 44.0 Å². The number of hydrogen-bond donors (Lipinski definition) is 1. The maximum absolute atomic E-state index is 5.70. The van der Waals surface area contributed by atoms with Gasteiger partial charge in [-0.3, -0.25) is 0 Å². The number of nitrogens with zero attached hydrogens (tertiary/aromatic N) is 1. The molecule has 0 aliphatic carbocycles. The van der Waals surface area contributed by atoms with Crippen molar-refractivity contribution in [3.63, 3.8) is 0 Å². The van der Waals surface area contributed by atoms with Crippen LogP contribution in [0.4, 0.5) is 17.1 Å². The van der Waals surface area contributed by atoms with E-state index in [0.717, 1.165) is 11.4 Å². The zero-order valence-corrected chi connectivity index (χ0v) is 10.6. The van der Waals surface area contributed by atoms with E-state index in [-0.39, 0.29) is 0 Å². The third-order valence-electron chi connectivity index (χ3n) is 3.01. The Kier molecular flexibility index (Phi) is 3.05. The van der Waals surface area contributed by atoms with Crippen LogP contribution in [0, 0.1) is 13.8 Å². The fourth-order valence-electron chi connectivity index (χ4n) is 1.92. The first-order valence-corrected chi connectivity index (χ1v) is 5.74. The molecule has 0 bridgehead atoms. The van der Waals surface area contributed by atoms with Gasteiger partial charge in [-0.1, -0.05) is 12.1 Å². The standard InChI is InChI=1S/C15H18N2/c1-11-4-5-12(2)15(10-11)17(3)14-8-6-13(16)7-9-14/h4-10H,16H2,1-3H3. The monoisotopic (exact) mass is 226 g/mol. The lowest BCUT2D eigenvalue weighted by Crippen LogP contribution is -2.11. The molecule has 2 aromatic rings. The van der Waals surface area contributed by atoms with Crippen molar-refractivity contribution >= 4 is 17.1 Å². The third kappa shape index (κ3) is 2.41. The van der Waals surface area contributed by atoms with Crippen LogP contribution < -0.4 is 10.6 Å². The Morgan fingerprint density at radius 1 is 0.941 bits per heavy atom. The van der Waals surface area contributed by atoms with E-state index in [1.54, 1.807) is 0 Å². The predicted molar refractivity (Wildman–Crippen MR) is 74.8 cm³/mol. The van der Waals surface area contributed by atoms with Crippen LogP contribution >= 0.6 is 0 Å². The average Bonchev–Trinajstić information content (AvgIpc) is 2.32. The second-order valence-corrected chi connectivity index (χ2v) is 4.44. The first-order chi connectivity index (χ1) is 8.08. The number of nitrogens with two attached hydrogens (primary N) is 1. The zero-order chi connectivity index (χ0) is 12.4. The van der Waals surface area contributed by atoms with E-state index in [9.17, 15) is 0 Å². The van der Waals surface area contributed by atoms with E-state index in [0.29, 0.717) is 0 Å². The molecule has 0 radical (unpaired) electrons. The predicted octanol–water partition coefficient (Wildman–Crippen LogP) is 3.65. The Balaban J connectivity index is 2.39. The van der Waals surface area contributed by atoms with Crippen LogP contribution in [0.15, 0.2) is 42.5 Å². The van der Waals surface area contributed by atoms with E-state index in [1.807, 2.05) is 24.3 Å². The van der Waals surface area contributed by atoms with Gasteiger partial charge in [0.2, 0.25) is 0 Å². The number of hydrogen-bond acceptors (Lipinski definition) is 2. The normalized spacial score (nSPS) is 10.3. The number of anilines is 3. The second-order valence-electron chi connectivity index (χ2n) is 4.44. The van der Waals surface area contributed by atoms with Crippen LogP contribution in [0.25, 0.3) is 0 Å². The molecule has 2 aromatic carbocycles. The van der Waals surface area contributed by atoms with E-state index >= 15 is 0 Å². The lowest BCUT2D eigenvalue weighted by atomic mass is 10.1. The molecule has 2 heteroatoms. The molecule has 0 aliphatic rings. The topological polar surface area (TPSA) is 29.3 Å². The van der Waals surface area contributed by atoms with Gasteiger partial charge >= 0.3 is 0 Å². The summed E-state index contributed by atoms with van der Waals surface area (Å²) in [5.41, 5.74) is 11.4. The van der Waals surface area contributed by atoms with Gasteiger partial charge in [-0.25, -0.2) is 0 Å². The first-order valence-electron chi connectivity index (χ1n) is 5.74. The SMILES string of the molecule is Cc1ccc(C)c(N(C)c2ccc(N)cc2)c1. The lowest BCUT2D eigenvalue weighted by Gasteiger charge is -2.22. The molecule has 0 saturated carbocycles. The maximum Gasteiger partial charge on any atom is 0.0440 e. The van der Waals surface area contributed by atoms with Gasteiger partial charge in [-0.05, 0) is 55.3 Å². The minimum atomic E-state index is 0.795. The summed E-state index contributed by atoms with van der Waals surface area (Å²) in [5, 5.41) is 0. The van der Waals surface area contributed by atoms with Crippen molar-refractivity contribution in [1.82, 2.24) is 0 Å². The van der Waals surface area contributed by atoms with Crippen LogP contribution in [0.5, 0.6) is 0 Å². The van der Waals surface area contributed by atoms with Crippen LogP contribution in [0.3, 0.4) is 0 Å². The molecule has 0 unspecified atom stereocenters. The second kappa shape index (κ2) is 4.50. The van der Waals surface area contributed by atoms with Gasteiger partial charge in [-0.15, -0.1) is 0 Å².